The Morgan fingerprint density at radius 1 is 1.19 bits per heavy atom. The van der Waals surface area contributed by atoms with Crippen molar-refractivity contribution in [1.82, 2.24) is 10.2 Å². The topological polar surface area (TPSA) is 84.7 Å². The van der Waals surface area contributed by atoms with Gasteiger partial charge in [-0.2, -0.15) is 0 Å². The first-order valence-corrected chi connectivity index (χ1v) is 12.3. The fraction of sp³-hybridized carbons (Fsp3) is 0.692. The second kappa shape index (κ2) is 8.14. The van der Waals surface area contributed by atoms with Gasteiger partial charge in [0.25, 0.3) is 5.91 Å². The molecule has 5 fully saturated rings. The summed E-state index contributed by atoms with van der Waals surface area (Å²) in [4.78, 5) is 27.8. The second-order valence-corrected chi connectivity index (χ2v) is 11.0. The van der Waals surface area contributed by atoms with E-state index in [9.17, 15) is 9.59 Å². The smallest absolute Gasteiger partial charge is 0.250 e. The van der Waals surface area contributed by atoms with Crippen LogP contribution in [0.3, 0.4) is 0 Å². The maximum atomic E-state index is 13.3. The van der Waals surface area contributed by atoms with Crippen molar-refractivity contribution in [3.63, 3.8) is 0 Å². The molecular formula is C26H37N3O3. The third-order valence-electron chi connectivity index (χ3n) is 8.92. The van der Waals surface area contributed by atoms with Crippen molar-refractivity contribution in [2.24, 2.45) is 28.9 Å². The highest BCUT2D eigenvalue weighted by Crippen LogP contribution is 2.59. The number of hydrogen-bond acceptors (Lipinski definition) is 4. The highest BCUT2D eigenvalue weighted by molar-refractivity contribution is 5.83. The van der Waals surface area contributed by atoms with Crippen molar-refractivity contribution in [1.29, 1.82) is 0 Å². The molecule has 4 bridgehead atoms. The summed E-state index contributed by atoms with van der Waals surface area (Å²) in [6.45, 7) is 8.50. The van der Waals surface area contributed by atoms with E-state index in [1.807, 2.05) is 0 Å². The fourth-order valence-corrected chi connectivity index (χ4v) is 7.49. The fourth-order valence-electron chi connectivity index (χ4n) is 7.49. The van der Waals surface area contributed by atoms with Crippen LogP contribution in [0.2, 0.25) is 0 Å². The van der Waals surface area contributed by atoms with Crippen molar-refractivity contribution in [3.8, 4) is 0 Å². The summed E-state index contributed by atoms with van der Waals surface area (Å²) in [5.74, 6) is 1.20. The molecule has 0 radical (unpaired) electrons. The van der Waals surface area contributed by atoms with Crippen LogP contribution in [-0.2, 0) is 14.3 Å². The van der Waals surface area contributed by atoms with Gasteiger partial charge in [-0.25, -0.2) is 0 Å². The average molecular weight is 440 g/mol. The predicted octanol–water partition coefficient (Wildman–Crippen LogP) is 2.86. The zero-order chi connectivity index (χ0) is 22.6. The average Bonchev–Trinajstić information content (AvgIpc) is 2.75. The molecule has 3 unspecified atom stereocenters. The number of nitrogens with one attached hydrogen (secondary N) is 1. The minimum absolute atomic E-state index is 0.00752. The number of rotatable bonds is 5. The Morgan fingerprint density at radius 2 is 1.91 bits per heavy atom. The molecule has 1 aromatic carbocycles. The van der Waals surface area contributed by atoms with Crippen molar-refractivity contribution < 1.29 is 14.3 Å². The number of nitrogens with zero attached hydrogens (tertiary/aromatic N) is 1. The third kappa shape index (κ3) is 3.75. The Balaban J connectivity index is 1.24. The Morgan fingerprint density at radius 3 is 2.56 bits per heavy atom. The van der Waals surface area contributed by atoms with Crippen LogP contribution < -0.4 is 11.1 Å². The van der Waals surface area contributed by atoms with E-state index in [-0.39, 0.29) is 29.3 Å². The highest BCUT2D eigenvalue weighted by atomic mass is 16.5. The molecule has 3 N–H and O–H groups in total. The molecule has 5 aliphatic rings. The van der Waals surface area contributed by atoms with Crippen molar-refractivity contribution in [2.75, 3.05) is 19.7 Å². The molecule has 4 atom stereocenters. The summed E-state index contributed by atoms with van der Waals surface area (Å²) in [7, 11) is 0. The van der Waals surface area contributed by atoms with Gasteiger partial charge in [-0.05, 0) is 81.8 Å². The van der Waals surface area contributed by atoms with Gasteiger partial charge in [0.15, 0.2) is 0 Å². The van der Waals surface area contributed by atoms with Gasteiger partial charge in [0.2, 0.25) is 5.91 Å². The van der Waals surface area contributed by atoms with Crippen molar-refractivity contribution >= 4 is 11.8 Å². The van der Waals surface area contributed by atoms with E-state index in [4.69, 9.17) is 10.5 Å². The summed E-state index contributed by atoms with van der Waals surface area (Å²) < 4.78 is 5.93. The number of carbonyl (C=O) groups is 2. The summed E-state index contributed by atoms with van der Waals surface area (Å²) in [5.41, 5.74) is 9.37. The van der Waals surface area contributed by atoms with Crippen LogP contribution in [0, 0.1) is 37.0 Å². The lowest BCUT2D eigenvalue weighted by atomic mass is 9.47. The predicted molar refractivity (Wildman–Crippen MR) is 123 cm³/mol. The second-order valence-electron chi connectivity index (χ2n) is 11.0. The summed E-state index contributed by atoms with van der Waals surface area (Å²) in [6.07, 6.45) is 4.39. The van der Waals surface area contributed by atoms with E-state index in [0.29, 0.717) is 30.9 Å². The molecule has 1 heterocycles. The van der Waals surface area contributed by atoms with Crippen LogP contribution in [0.15, 0.2) is 18.2 Å². The lowest BCUT2D eigenvalue weighted by Gasteiger charge is -2.59. The van der Waals surface area contributed by atoms with Gasteiger partial charge in [0.05, 0.1) is 6.61 Å². The van der Waals surface area contributed by atoms with Gasteiger partial charge in [0.1, 0.15) is 6.10 Å². The number of ether oxygens (including phenoxy) is 1. The van der Waals surface area contributed by atoms with Gasteiger partial charge in [-0.1, -0.05) is 23.8 Å². The van der Waals surface area contributed by atoms with E-state index < -0.39 is 6.10 Å². The molecule has 6 heteroatoms. The quantitative estimate of drug-likeness (QED) is 0.739. The van der Waals surface area contributed by atoms with E-state index in [1.54, 1.807) is 0 Å². The molecule has 2 amide bonds. The maximum absolute atomic E-state index is 13.3. The lowest BCUT2D eigenvalue weighted by Crippen LogP contribution is -2.63. The highest BCUT2D eigenvalue weighted by Gasteiger charge is 2.58. The van der Waals surface area contributed by atoms with Crippen molar-refractivity contribution in [3.05, 3.63) is 34.9 Å². The first kappa shape index (κ1) is 21.9. The number of hydrogen-bond donors (Lipinski definition) is 2. The molecule has 1 aromatic rings. The number of nitrogens with two attached hydrogens (primary N) is 1. The first-order chi connectivity index (χ1) is 15.3. The van der Waals surface area contributed by atoms with Crippen LogP contribution in [-0.4, -0.2) is 48.6 Å². The first-order valence-electron chi connectivity index (χ1n) is 12.3. The number of primary amides is 1. The Hall–Kier alpha value is -1.92. The number of morpholine rings is 1. The van der Waals surface area contributed by atoms with E-state index in [1.165, 1.54) is 16.7 Å². The third-order valence-corrected chi connectivity index (χ3v) is 8.92. The zero-order valence-electron chi connectivity index (χ0n) is 19.6. The van der Waals surface area contributed by atoms with Gasteiger partial charge in [-0.15, -0.1) is 0 Å². The maximum Gasteiger partial charge on any atom is 0.250 e. The monoisotopic (exact) mass is 439 g/mol. The standard InChI is InChI=1S/C26H37N3O3/c1-15-4-5-21(16(2)8-15)17(3)29-6-7-32-22(14-29)24(30)28-23-19-9-18-10-20(23)13-26(11-18,12-19)25(27)31/h4-5,8,17-20,22-23H,6-7,9-14H2,1-3H3,(H2,27,31)(H,28,30)/t17-,18?,19?,20?,22?,23?,26?/m1/s1. The number of aryl methyl sites for hydroxylation is 2. The zero-order valence-corrected chi connectivity index (χ0v) is 19.6. The summed E-state index contributed by atoms with van der Waals surface area (Å²) >= 11 is 0. The number of benzene rings is 1. The molecule has 6 nitrogen and oxygen atoms in total. The number of amides is 2. The van der Waals surface area contributed by atoms with Crippen LogP contribution in [0.25, 0.3) is 0 Å². The SMILES string of the molecule is Cc1ccc([C@@H](C)N2CCOC(C(=O)NC3C4CC5CC3CC(C(N)=O)(C5)C4)C2)c(C)c1. The van der Waals surface area contributed by atoms with E-state index >= 15 is 0 Å². The normalized spacial score (nSPS) is 37.3. The Kier molecular flexibility index (Phi) is 5.57. The lowest BCUT2D eigenvalue weighted by molar-refractivity contribution is -0.151. The van der Waals surface area contributed by atoms with Crippen molar-refractivity contribution in [2.45, 2.75) is 71.1 Å². The van der Waals surface area contributed by atoms with Crippen LogP contribution in [0.4, 0.5) is 0 Å². The molecule has 174 valence electrons. The van der Waals surface area contributed by atoms with Crippen LogP contribution in [0.5, 0.6) is 0 Å². The summed E-state index contributed by atoms with van der Waals surface area (Å²) in [6, 6.07) is 6.99. The molecule has 32 heavy (non-hydrogen) atoms. The summed E-state index contributed by atoms with van der Waals surface area (Å²) in [5, 5.41) is 3.36. The minimum atomic E-state index is -0.445. The molecule has 1 aliphatic heterocycles. The largest absolute Gasteiger partial charge is 0.369 e. The molecule has 0 spiro atoms. The van der Waals surface area contributed by atoms with Gasteiger partial charge < -0.3 is 15.8 Å². The van der Waals surface area contributed by atoms with E-state index in [0.717, 1.165) is 38.6 Å². The number of carbonyl (C=O) groups excluding carboxylic acids is 2. The molecular weight excluding hydrogens is 402 g/mol. The molecule has 1 saturated heterocycles. The minimum Gasteiger partial charge on any atom is -0.369 e. The molecule has 4 saturated carbocycles. The Bertz CT molecular complexity index is 900. The molecule has 6 rings (SSSR count). The molecule has 4 aliphatic carbocycles. The van der Waals surface area contributed by atoms with Gasteiger partial charge in [0, 0.05) is 30.6 Å². The van der Waals surface area contributed by atoms with Crippen LogP contribution >= 0.6 is 0 Å². The Labute approximate surface area is 191 Å². The van der Waals surface area contributed by atoms with Gasteiger partial charge >= 0.3 is 0 Å². The van der Waals surface area contributed by atoms with Crippen LogP contribution in [0.1, 0.15) is 61.8 Å². The van der Waals surface area contributed by atoms with E-state index in [2.05, 4.69) is 49.2 Å². The molecule has 0 aromatic heterocycles. The van der Waals surface area contributed by atoms with Gasteiger partial charge in [-0.3, -0.25) is 14.5 Å².